The highest BCUT2D eigenvalue weighted by Gasteiger charge is 2.65. The molecule has 0 aromatic heterocycles. The minimum Gasteiger partial charge on any atom is -0.496 e. The molecule has 0 bridgehead atoms. The van der Waals surface area contributed by atoms with Crippen molar-refractivity contribution in [3.8, 4) is 17.2 Å². The molecule has 2 aromatic rings. The van der Waals surface area contributed by atoms with Gasteiger partial charge in [0.15, 0.2) is 0 Å². The molecule has 1 N–H and O–H groups in total. The number of carbonyl (C=O) groups excluding carboxylic acids is 1. The third-order valence-corrected chi connectivity index (χ3v) is 8.48. The number of carbonyl (C=O) groups is 1. The highest BCUT2D eigenvalue weighted by atomic mass is 16.5. The fraction of sp³-hybridized carbons (Fsp3) is 0.519. The summed E-state index contributed by atoms with van der Waals surface area (Å²) in [7, 11) is 3.12. The van der Waals surface area contributed by atoms with Crippen LogP contribution in [0, 0.1) is 23.2 Å². The molecule has 1 heterocycles. The second-order valence-corrected chi connectivity index (χ2v) is 10.4. The number of ketones is 1. The summed E-state index contributed by atoms with van der Waals surface area (Å²) < 4.78 is 18.3. The molecule has 2 aromatic carbocycles. The molecular formula is C27H32O5. The number of ether oxygens (including phenoxy) is 3. The molecular weight excluding hydrogens is 404 g/mol. The van der Waals surface area contributed by atoms with Gasteiger partial charge in [0.2, 0.25) is 5.78 Å². The number of rotatable bonds is 5. The summed E-state index contributed by atoms with van der Waals surface area (Å²) in [5, 5.41) is 10.2. The molecule has 0 saturated heterocycles. The van der Waals surface area contributed by atoms with E-state index in [0.29, 0.717) is 51.2 Å². The van der Waals surface area contributed by atoms with Crippen LogP contribution in [0.3, 0.4) is 0 Å². The minimum atomic E-state index is -0.343. The van der Waals surface area contributed by atoms with Crippen LogP contribution in [0.4, 0.5) is 0 Å². The van der Waals surface area contributed by atoms with Crippen LogP contribution < -0.4 is 14.2 Å². The van der Waals surface area contributed by atoms with E-state index in [-0.39, 0.29) is 18.0 Å². The SMILES string of the molecule is COc1c(CO)c(OC)c(C(=O)c2ccccc2)c2c1CC1C[C@@H]3[C@H](CC1(C)O2)C3(C)C. The molecule has 1 aliphatic heterocycles. The van der Waals surface area contributed by atoms with Gasteiger partial charge in [0.1, 0.15) is 28.4 Å². The predicted molar refractivity (Wildman–Crippen MR) is 122 cm³/mol. The monoisotopic (exact) mass is 436 g/mol. The van der Waals surface area contributed by atoms with Crippen LogP contribution in [-0.2, 0) is 13.0 Å². The summed E-state index contributed by atoms with van der Waals surface area (Å²) >= 11 is 0. The van der Waals surface area contributed by atoms with Crippen LogP contribution in [-0.4, -0.2) is 30.7 Å². The van der Waals surface area contributed by atoms with Crippen molar-refractivity contribution in [2.75, 3.05) is 14.2 Å². The highest BCUT2D eigenvalue weighted by molar-refractivity contribution is 6.13. The Morgan fingerprint density at radius 1 is 1.09 bits per heavy atom. The first kappa shape index (κ1) is 21.3. The second-order valence-electron chi connectivity index (χ2n) is 10.4. The number of aliphatic hydroxyl groups is 1. The number of hydrogen-bond acceptors (Lipinski definition) is 5. The Bertz CT molecular complexity index is 1070. The standard InChI is InChI=1S/C27H32O5/c1-26(2)19-12-16-11-17-23(30-4)18(14-28)24(31-5)21(22(29)15-9-7-6-8-10-15)25(17)32-27(16,3)13-20(19)26/h6-10,16,19-20,28H,11-14H2,1-5H3/t16?,19-,20+,27?/m1/s1. The van der Waals surface area contributed by atoms with Crippen molar-refractivity contribution in [1.29, 1.82) is 0 Å². The van der Waals surface area contributed by atoms with Gasteiger partial charge in [-0.1, -0.05) is 44.2 Å². The summed E-state index contributed by atoms with van der Waals surface area (Å²) in [6.45, 7) is 6.62. The quantitative estimate of drug-likeness (QED) is 0.682. The van der Waals surface area contributed by atoms with E-state index in [1.54, 1.807) is 19.2 Å². The van der Waals surface area contributed by atoms with Gasteiger partial charge >= 0.3 is 0 Å². The normalized spacial score (nSPS) is 29.1. The number of methoxy groups -OCH3 is 2. The summed E-state index contributed by atoms with van der Waals surface area (Å²) in [5.41, 5.74) is 2.32. The van der Waals surface area contributed by atoms with Crippen LogP contribution in [0.2, 0.25) is 0 Å². The molecule has 32 heavy (non-hydrogen) atoms. The number of aliphatic hydroxyl groups excluding tert-OH is 1. The molecule has 3 aliphatic rings. The zero-order valence-corrected chi connectivity index (χ0v) is 19.5. The van der Waals surface area contributed by atoms with Crippen molar-refractivity contribution in [3.05, 3.63) is 52.6 Å². The molecule has 5 heteroatoms. The van der Waals surface area contributed by atoms with E-state index in [4.69, 9.17) is 14.2 Å². The van der Waals surface area contributed by atoms with Gasteiger partial charge in [0.05, 0.1) is 26.4 Å². The molecule has 0 amide bonds. The van der Waals surface area contributed by atoms with Gasteiger partial charge in [-0.25, -0.2) is 0 Å². The van der Waals surface area contributed by atoms with Gasteiger partial charge in [-0.3, -0.25) is 4.79 Å². The van der Waals surface area contributed by atoms with E-state index in [1.165, 1.54) is 7.11 Å². The lowest BCUT2D eigenvalue weighted by molar-refractivity contribution is -0.0266. The van der Waals surface area contributed by atoms with E-state index in [1.807, 2.05) is 18.2 Å². The lowest BCUT2D eigenvalue weighted by Crippen LogP contribution is -2.48. The minimum absolute atomic E-state index is 0.168. The molecule has 2 fully saturated rings. The van der Waals surface area contributed by atoms with Gasteiger partial charge in [-0.05, 0) is 43.4 Å². The van der Waals surface area contributed by atoms with Crippen molar-refractivity contribution < 1.29 is 24.1 Å². The summed E-state index contributed by atoms with van der Waals surface area (Å²) in [6.07, 6.45) is 2.86. The molecule has 170 valence electrons. The van der Waals surface area contributed by atoms with Crippen LogP contribution in [0.1, 0.15) is 60.7 Å². The lowest BCUT2D eigenvalue weighted by atomic mass is 9.71. The Morgan fingerprint density at radius 3 is 2.41 bits per heavy atom. The Kier molecular flexibility index (Phi) is 4.82. The van der Waals surface area contributed by atoms with Gasteiger partial charge in [0, 0.05) is 17.0 Å². The molecule has 2 aliphatic carbocycles. The first-order valence-corrected chi connectivity index (χ1v) is 11.5. The van der Waals surface area contributed by atoms with Crippen LogP contribution in [0.5, 0.6) is 17.2 Å². The molecule has 0 spiro atoms. The summed E-state index contributed by atoms with van der Waals surface area (Å²) in [5.74, 6) is 3.00. The zero-order chi connectivity index (χ0) is 22.8. The van der Waals surface area contributed by atoms with Crippen molar-refractivity contribution in [1.82, 2.24) is 0 Å². The Hall–Kier alpha value is -2.53. The van der Waals surface area contributed by atoms with E-state index in [9.17, 15) is 9.90 Å². The maximum Gasteiger partial charge on any atom is 0.200 e. The molecule has 2 saturated carbocycles. The van der Waals surface area contributed by atoms with Crippen LogP contribution in [0.15, 0.2) is 30.3 Å². The largest absolute Gasteiger partial charge is 0.496 e. The van der Waals surface area contributed by atoms with Gasteiger partial charge in [0.25, 0.3) is 0 Å². The van der Waals surface area contributed by atoms with E-state index in [2.05, 4.69) is 20.8 Å². The molecule has 5 nitrogen and oxygen atoms in total. The number of fused-ring (bicyclic) bond motifs is 3. The lowest BCUT2D eigenvalue weighted by Gasteiger charge is -2.46. The molecule has 5 rings (SSSR count). The number of benzene rings is 2. The van der Waals surface area contributed by atoms with Crippen LogP contribution >= 0.6 is 0 Å². The van der Waals surface area contributed by atoms with E-state index in [0.717, 1.165) is 30.7 Å². The second kappa shape index (κ2) is 7.24. The maximum atomic E-state index is 13.7. The average Bonchev–Trinajstić information content (AvgIpc) is 3.31. The molecule has 4 atom stereocenters. The third-order valence-electron chi connectivity index (χ3n) is 8.48. The Labute approximate surface area is 189 Å². The van der Waals surface area contributed by atoms with Gasteiger partial charge in [-0.2, -0.15) is 0 Å². The maximum absolute atomic E-state index is 13.7. The topological polar surface area (TPSA) is 65.0 Å². The fourth-order valence-corrected chi connectivity index (χ4v) is 6.44. The summed E-state index contributed by atoms with van der Waals surface area (Å²) in [4.78, 5) is 13.7. The zero-order valence-electron chi connectivity index (χ0n) is 19.5. The molecule has 2 unspecified atom stereocenters. The highest BCUT2D eigenvalue weighted by Crippen LogP contribution is 2.69. The van der Waals surface area contributed by atoms with Crippen molar-refractivity contribution in [3.63, 3.8) is 0 Å². The third kappa shape index (κ3) is 2.90. The van der Waals surface area contributed by atoms with Gasteiger partial charge in [-0.15, -0.1) is 0 Å². The Balaban J connectivity index is 1.70. The smallest absolute Gasteiger partial charge is 0.200 e. The molecule has 0 radical (unpaired) electrons. The number of hydrogen-bond donors (Lipinski definition) is 1. The van der Waals surface area contributed by atoms with Crippen molar-refractivity contribution in [2.45, 2.75) is 52.2 Å². The van der Waals surface area contributed by atoms with E-state index < -0.39 is 0 Å². The summed E-state index contributed by atoms with van der Waals surface area (Å²) in [6, 6.07) is 9.16. The van der Waals surface area contributed by atoms with Gasteiger partial charge < -0.3 is 19.3 Å². The van der Waals surface area contributed by atoms with Crippen LogP contribution in [0.25, 0.3) is 0 Å². The van der Waals surface area contributed by atoms with Crippen molar-refractivity contribution in [2.24, 2.45) is 23.2 Å². The first-order valence-electron chi connectivity index (χ1n) is 11.5. The van der Waals surface area contributed by atoms with Crippen molar-refractivity contribution >= 4 is 5.78 Å². The fourth-order valence-electron chi connectivity index (χ4n) is 6.44. The predicted octanol–water partition coefficient (Wildman–Crippen LogP) is 4.80. The average molecular weight is 437 g/mol. The van der Waals surface area contributed by atoms with E-state index >= 15 is 0 Å². The first-order chi connectivity index (χ1) is 15.3. The Morgan fingerprint density at radius 2 is 1.78 bits per heavy atom.